The van der Waals surface area contributed by atoms with Crippen LogP contribution in [0.15, 0.2) is 25.3 Å². The number of rotatable bonds is 4. The minimum Gasteiger partial charge on any atom is -0.459 e. The molecule has 1 atom stereocenters. The van der Waals surface area contributed by atoms with Gasteiger partial charge in [-0.3, -0.25) is 0 Å². The highest BCUT2D eigenvalue weighted by Gasteiger charge is 2.12. The highest BCUT2D eigenvalue weighted by molar-refractivity contribution is 5.76. The van der Waals surface area contributed by atoms with Crippen molar-refractivity contribution in [1.29, 1.82) is 0 Å². The van der Waals surface area contributed by atoms with Crippen LogP contribution in [0.5, 0.6) is 0 Å². The van der Waals surface area contributed by atoms with Gasteiger partial charge in [0.2, 0.25) is 6.10 Å². The summed E-state index contributed by atoms with van der Waals surface area (Å²) in [5.41, 5.74) is 0. The summed E-state index contributed by atoms with van der Waals surface area (Å²) in [6, 6.07) is 0. The van der Waals surface area contributed by atoms with Crippen molar-refractivity contribution < 1.29 is 14.6 Å². The largest absolute Gasteiger partial charge is 0.459 e. The Morgan fingerprint density at radius 2 is 2.20 bits per heavy atom. The van der Waals surface area contributed by atoms with Gasteiger partial charge in [-0.2, -0.15) is 0 Å². The van der Waals surface area contributed by atoms with E-state index in [-0.39, 0.29) is 6.61 Å². The molecule has 0 aliphatic rings. The summed E-state index contributed by atoms with van der Waals surface area (Å²) >= 11 is 0. The summed E-state index contributed by atoms with van der Waals surface area (Å²) in [7, 11) is 0. The molecule has 55 valence electrons. The van der Waals surface area contributed by atoms with Crippen molar-refractivity contribution in [1.82, 2.24) is 0 Å². The maximum absolute atomic E-state index is 10.5. The number of carbonyl (C=O) groups excluding carboxylic acids is 1. The van der Waals surface area contributed by atoms with Crippen molar-refractivity contribution in [3.05, 3.63) is 25.3 Å². The zero-order valence-electron chi connectivity index (χ0n) is 5.58. The molecule has 3 heteroatoms. The lowest BCUT2D eigenvalue weighted by Crippen LogP contribution is -2.18. The zero-order valence-corrected chi connectivity index (χ0v) is 5.58. The molecule has 0 heterocycles. The Labute approximate surface area is 59.6 Å². The second-order valence-corrected chi connectivity index (χ2v) is 1.58. The fraction of sp³-hybridized carbons (Fsp3) is 0.286. The predicted molar refractivity (Wildman–Crippen MR) is 35.8 cm³/mol. The molecule has 0 aliphatic carbocycles. The Bertz CT molecular complexity index is 140. The van der Waals surface area contributed by atoms with Gasteiger partial charge in [-0.25, -0.2) is 9.90 Å². The predicted octanol–water partition coefficient (Wildman–Crippen LogP) is 0.701. The van der Waals surface area contributed by atoms with Gasteiger partial charge in [0, 0.05) is 0 Å². The summed E-state index contributed by atoms with van der Waals surface area (Å²) in [5, 5.41) is 10.5. The molecule has 0 amide bonds. The molecule has 0 aliphatic heterocycles. The lowest BCUT2D eigenvalue weighted by molar-refractivity contribution is -0.152. The first kappa shape index (κ1) is 8.91. The van der Waals surface area contributed by atoms with Gasteiger partial charge in [0.25, 0.3) is 0 Å². The molecule has 0 aromatic rings. The maximum atomic E-state index is 10.5. The molecule has 0 fully saturated rings. The van der Waals surface area contributed by atoms with Crippen molar-refractivity contribution in [3.63, 3.8) is 0 Å². The van der Waals surface area contributed by atoms with E-state index in [9.17, 15) is 9.90 Å². The second-order valence-electron chi connectivity index (χ2n) is 1.58. The van der Waals surface area contributed by atoms with Gasteiger partial charge in [-0.1, -0.05) is 19.2 Å². The van der Waals surface area contributed by atoms with Gasteiger partial charge in [-0.05, 0) is 6.08 Å². The van der Waals surface area contributed by atoms with Gasteiger partial charge >= 0.3 is 5.97 Å². The standard InChI is InChI=1S/C7H9O3/c1-3-5-10-7(9)6(8)4-2/h3-4,6H,1-2,5H2. The molecule has 1 unspecified atom stereocenters. The number of hydrogen-bond acceptors (Lipinski definition) is 2. The highest BCUT2D eigenvalue weighted by Crippen LogP contribution is 1.89. The van der Waals surface area contributed by atoms with Crippen LogP contribution in [0, 0.1) is 0 Å². The Balaban J connectivity index is 3.61. The first-order valence-corrected chi connectivity index (χ1v) is 2.78. The SMILES string of the molecule is C=CCOC(=O)C([O])C=C. The van der Waals surface area contributed by atoms with E-state index >= 15 is 0 Å². The van der Waals surface area contributed by atoms with Crippen LogP contribution in [0.4, 0.5) is 0 Å². The molecule has 0 saturated heterocycles. The number of carbonyl (C=O) groups is 1. The van der Waals surface area contributed by atoms with E-state index < -0.39 is 12.1 Å². The fourth-order valence-electron chi connectivity index (χ4n) is 0.319. The van der Waals surface area contributed by atoms with Gasteiger partial charge < -0.3 is 4.74 Å². The fourth-order valence-corrected chi connectivity index (χ4v) is 0.319. The van der Waals surface area contributed by atoms with E-state index in [0.29, 0.717) is 0 Å². The second kappa shape index (κ2) is 4.76. The zero-order chi connectivity index (χ0) is 7.98. The Morgan fingerprint density at radius 1 is 1.60 bits per heavy atom. The van der Waals surface area contributed by atoms with Crippen LogP contribution in [0.2, 0.25) is 0 Å². The Kier molecular flexibility index (Phi) is 4.24. The van der Waals surface area contributed by atoms with Crippen LogP contribution in [-0.4, -0.2) is 18.7 Å². The molecule has 0 aromatic heterocycles. The Morgan fingerprint density at radius 3 is 2.60 bits per heavy atom. The molecule has 3 nitrogen and oxygen atoms in total. The summed E-state index contributed by atoms with van der Waals surface area (Å²) < 4.78 is 4.40. The molecule has 0 spiro atoms. The molecular formula is C7H9O3. The van der Waals surface area contributed by atoms with Crippen LogP contribution >= 0.6 is 0 Å². The van der Waals surface area contributed by atoms with Crippen molar-refractivity contribution in [2.24, 2.45) is 0 Å². The molecule has 0 rings (SSSR count). The molecule has 0 bridgehead atoms. The first-order valence-electron chi connectivity index (χ1n) is 2.78. The molecule has 1 radical (unpaired) electrons. The smallest absolute Gasteiger partial charge is 0.343 e. The van der Waals surface area contributed by atoms with Gasteiger partial charge in [0.15, 0.2) is 0 Å². The van der Waals surface area contributed by atoms with Crippen LogP contribution in [-0.2, 0) is 14.6 Å². The monoisotopic (exact) mass is 141 g/mol. The van der Waals surface area contributed by atoms with Crippen molar-refractivity contribution in [2.75, 3.05) is 6.61 Å². The van der Waals surface area contributed by atoms with E-state index in [2.05, 4.69) is 17.9 Å². The van der Waals surface area contributed by atoms with Crippen molar-refractivity contribution >= 4 is 5.97 Å². The van der Waals surface area contributed by atoms with E-state index in [1.165, 1.54) is 6.08 Å². The molecular weight excluding hydrogens is 132 g/mol. The highest BCUT2D eigenvalue weighted by atomic mass is 16.5. The van der Waals surface area contributed by atoms with Crippen LogP contribution in [0.1, 0.15) is 0 Å². The molecule has 0 aromatic carbocycles. The van der Waals surface area contributed by atoms with E-state index in [0.717, 1.165) is 6.08 Å². The van der Waals surface area contributed by atoms with Gasteiger partial charge in [-0.15, -0.1) is 0 Å². The summed E-state index contributed by atoms with van der Waals surface area (Å²) in [6.07, 6.45) is 0.916. The summed E-state index contributed by atoms with van der Waals surface area (Å²) in [5.74, 6) is -0.810. The quantitative estimate of drug-likeness (QED) is 0.427. The maximum Gasteiger partial charge on any atom is 0.343 e. The van der Waals surface area contributed by atoms with Crippen LogP contribution in [0.25, 0.3) is 0 Å². The van der Waals surface area contributed by atoms with Gasteiger partial charge in [0.05, 0.1) is 0 Å². The van der Waals surface area contributed by atoms with E-state index in [1.54, 1.807) is 0 Å². The number of hydrogen-bond donors (Lipinski definition) is 0. The third kappa shape index (κ3) is 3.04. The molecule has 10 heavy (non-hydrogen) atoms. The lowest BCUT2D eigenvalue weighted by atomic mass is 10.4. The Hall–Kier alpha value is -1.09. The molecule has 0 saturated carbocycles. The molecule has 0 N–H and O–H groups in total. The number of ether oxygens (including phenoxy) is 1. The topological polar surface area (TPSA) is 46.2 Å². The average molecular weight is 141 g/mol. The third-order valence-corrected chi connectivity index (χ3v) is 0.790. The average Bonchev–Trinajstić information content (AvgIpc) is 1.98. The van der Waals surface area contributed by atoms with Gasteiger partial charge in [0.1, 0.15) is 6.61 Å². The lowest BCUT2D eigenvalue weighted by Gasteiger charge is -2.00. The number of esters is 1. The van der Waals surface area contributed by atoms with E-state index in [1.807, 2.05) is 0 Å². The summed E-state index contributed by atoms with van der Waals surface area (Å²) in [6.45, 7) is 6.54. The first-order chi connectivity index (χ1) is 4.72. The van der Waals surface area contributed by atoms with Crippen molar-refractivity contribution in [2.45, 2.75) is 6.10 Å². The van der Waals surface area contributed by atoms with Crippen LogP contribution in [0.3, 0.4) is 0 Å². The van der Waals surface area contributed by atoms with Crippen molar-refractivity contribution in [3.8, 4) is 0 Å². The normalized spacial score (nSPS) is 11.7. The minimum absolute atomic E-state index is 0.0748. The third-order valence-electron chi connectivity index (χ3n) is 0.790. The van der Waals surface area contributed by atoms with E-state index in [4.69, 9.17) is 0 Å². The summed E-state index contributed by atoms with van der Waals surface area (Å²) in [4.78, 5) is 10.5. The minimum atomic E-state index is -1.47. The van der Waals surface area contributed by atoms with Crippen LogP contribution < -0.4 is 0 Å².